The molecule has 0 N–H and O–H groups in total. The number of benzene rings is 1. The van der Waals surface area contributed by atoms with E-state index in [9.17, 15) is 12.8 Å². The molecular formula is C11H13BrFNO3S. The number of hydrogen-bond donors (Lipinski definition) is 0. The number of rotatable bonds is 2. The molecule has 1 aliphatic heterocycles. The summed E-state index contributed by atoms with van der Waals surface area (Å²) in [6.45, 7) is 0.960. The van der Waals surface area contributed by atoms with Crippen LogP contribution in [0.1, 0.15) is 11.7 Å². The molecule has 0 bridgehead atoms. The summed E-state index contributed by atoms with van der Waals surface area (Å²) in [5.74, 6) is -0.352. The second kappa shape index (κ2) is 5.24. The van der Waals surface area contributed by atoms with E-state index < -0.39 is 10.0 Å². The molecule has 0 spiro atoms. The van der Waals surface area contributed by atoms with Crippen LogP contribution in [0.4, 0.5) is 4.39 Å². The van der Waals surface area contributed by atoms with Crippen molar-refractivity contribution >= 4 is 26.0 Å². The third-order valence-corrected chi connectivity index (χ3v) is 4.69. The minimum atomic E-state index is -3.22. The molecule has 1 aromatic rings. The summed E-state index contributed by atoms with van der Waals surface area (Å²) in [6.07, 6.45) is 0.820. The zero-order valence-electron chi connectivity index (χ0n) is 9.77. The first-order chi connectivity index (χ1) is 8.38. The number of hydrogen-bond acceptors (Lipinski definition) is 3. The maximum Gasteiger partial charge on any atom is 0.211 e. The van der Waals surface area contributed by atoms with E-state index in [2.05, 4.69) is 15.9 Å². The molecule has 0 amide bonds. The van der Waals surface area contributed by atoms with Crippen molar-refractivity contribution in [3.63, 3.8) is 0 Å². The van der Waals surface area contributed by atoms with Crippen molar-refractivity contribution in [3.05, 3.63) is 34.1 Å². The first-order valence-electron chi connectivity index (χ1n) is 5.39. The van der Waals surface area contributed by atoms with Crippen LogP contribution in [0.2, 0.25) is 0 Å². The lowest BCUT2D eigenvalue weighted by Crippen LogP contribution is -2.41. The van der Waals surface area contributed by atoms with E-state index in [1.807, 2.05) is 0 Å². The van der Waals surface area contributed by atoms with Crippen LogP contribution < -0.4 is 0 Å². The van der Waals surface area contributed by atoms with Crippen molar-refractivity contribution in [2.75, 3.05) is 26.0 Å². The van der Waals surface area contributed by atoms with E-state index in [0.717, 1.165) is 5.56 Å². The third-order valence-electron chi connectivity index (χ3n) is 2.81. The Morgan fingerprint density at radius 2 is 2.22 bits per heavy atom. The third kappa shape index (κ3) is 3.09. The Hall–Kier alpha value is -0.500. The molecule has 1 saturated heterocycles. The van der Waals surface area contributed by atoms with Gasteiger partial charge in [0.05, 0.1) is 23.4 Å². The van der Waals surface area contributed by atoms with E-state index in [4.69, 9.17) is 4.74 Å². The second-order valence-electron chi connectivity index (χ2n) is 4.15. The SMILES string of the molecule is CS(=O)(=O)N1CCO[C@@H](c2ccc(F)c(Br)c2)C1. The lowest BCUT2D eigenvalue weighted by Gasteiger charge is -2.31. The van der Waals surface area contributed by atoms with Crippen LogP contribution in [-0.4, -0.2) is 38.7 Å². The van der Waals surface area contributed by atoms with Crippen molar-refractivity contribution in [2.24, 2.45) is 0 Å². The zero-order valence-corrected chi connectivity index (χ0v) is 12.2. The molecule has 1 aromatic carbocycles. The molecule has 100 valence electrons. The highest BCUT2D eigenvalue weighted by atomic mass is 79.9. The molecule has 2 rings (SSSR count). The number of nitrogens with zero attached hydrogens (tertiary/aromatic N) is 1. The highest BCUT2D eigenvalue weighted by Gasteiger charge is 2.27. The first kappa shape index (κ1) is 13.9. The van der Waals surface area contributed by atoms with Gasteiger partial charge in [-0.2, -0.15) is 4.31 Å². The summed E-state index contributed by atoms with van der Waals surface area (Å²) in [5.41, 5.74) is 0.761. The minimum absolute atomic E-state index is 0.261. The molecule has 1 atom stereocenters. The molecule has 1 fully saturated rings. The van der Waals surface area contributed by atoms with Crippen LogP contribution in [0.3, 0.4) is 0 Å². The van der Waals surface area contributed by atoms with E-state index >= 15 is 0 Å². The molecule has 1 heterocycles. The Morgan fingerprint density at radius 1 is 1.50 bits per heavy atom. The second-order valence-corrected chi connectivity index (χ2v) is 6.99. The molecule has 18 heavy (non-hydrogen) atoms. The van der Waals surface area contributed by atoms with Gasteiger partial charge in [0.2, 0.25) is 10.0 Å². The highest BCUT2D eigenvalue weighted by Crippen LogP contribution is 2.27. The van der Waals surface area contributed by atoms with Crippen LogP contribution >= 0.6 is 15.9 Å². The first-order valence-corrected chi connectivity index (χ1v) is 8.04. The topological polar surface area (TPSA) is 46.6 Å². The van der Waals surface area contributed by atoms with Crippen molar-refractivity contribution in [2.45, 2.75) is 6.10 Å². The van der Waals surface area contributed by atoms with Crippen molar-refractivity contribution in [1.82, 2.24) is 4.31 Å². The van der Waals surface area contributed by atoms with Crippen LogP contribution in [0.25, 0.3) is 0 Å². The van der Waals surface area contributed by atoms with Crippen LogP contribution in [-0.2, 0) is 14.8 Å². The minimum Gasteiger partial charge on any atom is -0.371 e. The fourth-order valence-electron chi connectivity index (χ4n) is 1.84. The maximum atomic E-state index is 13.1. The summed E-state index contributed by atoms with van der Waals surface area (Å²) in [4.78, 5) is 0. The van der Waals surface area contributed by atoms with Gasteiger partial charge in [-0.1, -0.05) is 6.07 Å². The summed E-state index contributed by atoms with van der Waals surface area (Å²) in [5, 5.41) is 0. The van der Waals surface area contributed by atoms with Gasteiger partial charge in [0.1, 0.15) is 5.82 Å². The van der Waals surface area contributed by atoms with E-state index in [0.29, 0.717) is 17.6 Å². The van der Waals surface area contributed by atoms with Crippen molar-refractivity contribution in [3.8, 4) is 0 Å². The quantitative estimate of drug-likeness (QED) is 0.828. The van der Waals surface area contributed by atoms with Gasteiger partial charge in [-0.25, -0.2) is 12.8 Å². The van der Waals surface area contributed by atoms with Crippen LogP contribution in [0.15, 0.2) is 22.7 Å². The molecular weight excluding hydrogens is 325 g/mol. The summed E-state index contributed by atoms with van der Waals surface area (Å²) in [6, 6.07) is 4.56. The lowest BCUT2D eigenvalue weighted by atomic mass is 10.1. The van der Waals surface area contributed by atoms with Gasteiger partial charge < -0.3 is 4.74 Å². The average molecular weight is 338 g/mol. The molecule has 0 radical (unpaired) electrons. The van der Waals surface area contributed by atoms with Gasteiger partial charge in [0.25, 0.3) is 0 Å². The Labute approximate surface area is 114 Å². The van der Waals surface area contributed by atoms with Gasteiger partial charge in [-0.05, 0) is 33.6 Å². The summed E-state index contributed by atoms with van der Waals surface area (Å²) in [7, 11) is -3.22. The van der Waals surface area contributed by atoms with Gasteiger partial charge in [0, 0.05) is 13.1 Å². The summed E-state index contributed by atoms with van der Waals surface area (Å²) >= 11 is 3.10. The maximum absolute atomic E-state index is 13.1. The predicted octanol–water partition coefficient (Wildman–Crippen LogP) is 1.92. The highest BCUT2D eigenvalue weighted by molar-refractivity contribution is 9.10. The van der Waals surface area contributed by atoms with Crippen LogP contribution in [0, 0.1) is 5.82 Å². The smallest absolute Gasteiger partial charge is 0.211 e. The molecule has 0 unspecified atom stereocenters. The van der Waals surface area contributed by atoms with Gasteiger partial charge in [-0.3, -0.25) is 0 Å². The number of halogens is 2. The molecule has 1 aliphatic rings. The van der Waals surface area contributed by atoms with Gasteiger partial charge in [0.15, 0.2) is 0 Å². The lowest BCUT2D eigenvalue weighted by molar-refractivity contribution is -0.00241. The molecule has 4 nitrogen and oxygen atoms in total. The number of sulfonamides is 1. The Morgan fingerprint density at radius 3 is 2.83 bits per heavy atom. The van der Waals surface area contributed by atoms with Crippen LogP contribution in [0.5, 0.6) is 0 Å². The van der Waals surface area contributed by atoms with Gasteiger partial charge >= 0.3 is 0 Å². The van der Waals surface area contributed by atoms with E-state index in [1.54, 1.807) is 12.1 Å². The fraction of sp³-hybridized carbons (Fsp3) is 0.455. The fourth-order valence-corrected chi connectivity index (χ4v) is 3.05. The molecule has 0 aromatic heterocycles. The molecule has 0 aliphatic carbocycles. The Kier molecular flexibility index (Phi) is 4.05. The van der Waals surface area contributed by atoms with Crippen molar-refractivity contribution < 1.29 is 17.5 Å². The molecule has 7 heteroatoms. The molecule has 0 saturated carbocycles. The number of ether oxygens (including phenoxy) is 1. The van der Waals surface area contributed by atoms with Crippen molar-refractivity contribution in [1.29, 1.82) is 0 Å². The standard InChI is InChI=1S/C11H13BrFNO3S/c1-18(15,16)14-4-5-17-11(7-14)8-2-3-10(13)9(12)6-8/h2-3,6,11H,4-5,7H2,1H3/t11-/m1/s1. The predicted molar refractivity (Wildman–Crippen MR) is 69.2 cm³/mol. The van der Waals surface area contributed by atoms with Gasteiger partial charge in [-0.15, -0.1) is 0 Å². The Bertz CT molecular complexity index is 549. The summed E-state index contributed by atoms with van der Waals surface area (Å²) < 4.78 is 43.4. The Balaban J connectivity index is 2.21. The monoisotopic (exact) mass is 337 g/mol. The zero-order chi connectivity index (χ0) is 13.3. The largest absolute Gasteiger partial charge is 0.371 e. The average Bonchev–Trinajstić information content (AvgIpc) is 2.32. The number of morpholine rings is 1. The van der Waals surface area contributed by atoms with E-state index in [1.165, 1.54) is 16.6 Å². The normalized spacial score (nSPS) is 22.1. The van der Waals surface area contributed by atoms with E-state index in [-0.39, 0.29) is 18.5 Å².